The van der Waals surface area contributed by atoms with Crippen molar-refractivity contribution in [2.24, 2.45) is 0 Å². The Kier molecular flexibility index (Phi) is 3.27. The van der Waals surface area contributed by atoms with Crippen LogP contribution >= 0.6 is 0 Å². The third-order valence-electron chi connectivity index (χ3n) is 3.46. The lowest BCUT2D eigenvalue weighted by Crippen LogP contribution is -2.30. The maximum absolute atomic E-state index is 9.80. The predicted molar refractivity (Wildman–Crippen MR) is 62.2 cm³/mol. The number of hydrogen-bond acceptors (Lipinski definition) is 2. The fourth-order valence-corrected chi connectivity index (χ4v) is 2.57. The van der Waals surface area contributed by atoms with E-state index in [0.717, 1.165) is 12.0 Å². The first-order valence-corrected chi connectivity index (χ1v) is 5.76. The molecular formula is C13H19NO. The number of nitrogens with one attached hydrogen (secondary N) is 1. The van der Waals surface area contributed by atoms with E-state index in [2.05, 4.69) is 11.4 Å². The Morgan fingerprint density at radius 3 is 2.80 bits per heavy atom. The zero-order valence-electron chi connectivity index (χ0n) is 9.24. The molecule has 0 aromatic heterocycles. The highest BCUT2D eigenvalue weighted by Crippen LogP contribution is 2.36. The molecule has 0 bridgehead atoms. The van der Waals surface area contributed by atoms with Gasteiger partial charge in [0, 0.05) is 6.04 Å². The minimum Gasteiger partial charge on any atom is -0.508 e. The van der Waals surface area contributed by atoms with Crippen LogP contribution in [-0.4, -0.2) is 18.2 Å². The summed E-state index contributed by atoms with van der Waals surface area (Å²) in [6.07, 6.45) is 4.87. The van der Waals surface area contributed by atoms with E-state index in [4.69, 9.17) is 0 Å². The van der Waals surface area contributed by atoms with Gasteiger partial charge in [0.15, 0.2) is 0 Å². The minimum atomic E-state index is 0.458. The van der Waals surface area contributed by atoms with Gasteiger partial charge in [0.2, 0.25) is 0 Å². The van der Waals surface area contributed by atoms with E-state index in [1.165, 1.54) is 19.3 Å². The molecule has 82 valence electrons. The fourth-order valence-electron chi connectivity index (χ4n) is 2.57. The highest BCUT2D eigenvalue weighted by molar-refractivity contribution is 5.35. The lowest BCUT2D eigenvalue weighted by molar-refractivity contribution is 0.347. The molecule has 2 N–H and O–H groups in total. The van der Waals surface area contributed by atoms with Gasteiger partial charge >= 0.3 is 0 Å². The van der Waals surface area contributed by atoms with E-state index in [9.17, 15) is 5.11 Å². The topological polar surface area (TPSA) is 32.3 Å². The van der Waals surface area contributed by atoms with Crippen LogP contribution in [0.4, 0.5) is 0 Å². The van der Waals surface area contributed by atoms with Crippen LogP contribution in [0, 0.1) is 0 Å². The van der Waals surface area contributed by atoms with Crippen molar-refractivity contribution in [1.29, 1.82) is 0 Å². The minimum absolute atomic E-state index is 0.458. The third-order valence-corrected chi connectivity index (χ3v) is 3.46. The molecule has 0 heterocycles. The normalized spacial score (nSPS) is 26.5. The molecule has 0 spiro atoms. The van der Waals surface area contributed by atoms with Gasteiger partial charge in [-0.25, -0.2) is 0 Å². The van der Waals surface area contributed by atoms with Crippen LogP contribution in [0.25, 0.3) is 0 Å². The van der Waals surface area contributed by atoms with Crippen LogP contribution < -0.4 is 5.32 Å². The molecule has 1 aliphatic rings. The van der Waals surface area contributed by atoms with Crippen molar-refractivity contribution in [1.82, 2.24) is 5.32 Å². The van der Waals surface area contributed by atoms with E-state index in [1.807, 2.05) is 19.2 Å². The lowest BCUT2D eigenvalue weighted by atomic mass is 9.81. The number of para-hydroxylation sites is 1. The fraction of sp³-hybridized carbons (Fsp3) is 0.538. The molecule has 1 fully saturated rings. The third kappa shape index (κ3) is 2.32. The van der Waals surface area contributed by atoms with Crippen molar-refractivity contribution in [2.75, 3.05) is 7.05 Å². The van der Waals surface area contributed by atoms with Crippen LogP contribution in [0.5, 0.6) is 5.75 Å². The summed E-state index contributed by atoms with van der Waals surface area (Å²) in [7, 11) is 2.03. The number of aromatic hydroxyl groups is 1. The lowest BCUT2D eigenvalue weighted by Gasteiger charge is -2.29. The van der Waals surface area contributed by atoms with Gasteiger partial charge in [0.1, 0.15) is 5.75 Å². The summed E-state index contributed by atoms with van der Waals surface area (Å²) in [5, 5.41) is 13.1. The smallest absolute Gasteiger partial charge is 0.119 e. The van der Waals surface area contributed by atoms with Crippen molar-refractivity contribution in [3.05, 3.63) is 29.8 Å². The number of benzene rings is 1. The summed E-state index contributed by atoms with van der Waals surface area (Å²) in [6, 6.07) is 8.36. The molecule has 0 aliphatic heterocycles. The van der Waals surface area contributed by atoms with E-state index in [0.29, 0.717) is 17.7 Å². The highest BCUT2D eigenvalue weighted by atomic mass is 16.3. The maximum Gasteiger partial charge on any atom is 0.119 e. The van der Waals surface area contributed by atoms with Gasteiger partial charge in [-0.05, 0) is 43.9 Å². The molecule has 1 aliphatic carbocycles. The molecule has 2 unspecified atom stereocenters. The predicted octanol–water partition coefficient (Wildman–Crippen LogP) is 2.64. The Labute approximate surface area is 91.3 Å². The first kappa shape index (κ1) is 10.5. The zero-order valence-corrected chi connectivity index (χ0v) is 9.24. The second-order valence-corrected chi connectivity index (χ2v) is 4.41. The summed E-state index contributed by atoms with van der Waals surface area (Å²) in [5.74, 6) is 0.983. The van der Waals surface area contributed by atoms with Crippen LogP contribution in [0.15, 0.2) is 24.3 Å². The highest BCUT2D eigenvalue weighted by Gasteiger charge is 2.23. The molecular weight excluding hydrogens is 186 g/mol. The summed E-state index contributed by atoms with van der Waals surface area (Å²) in [4.78, 5) is 0. The van der Waals surface area contributed by atoms with Crippen molar-refractivity contribution < 1.29 is 5.11 Å². The molecule has 2 heteroatoms. The molecule has 0 saturated heterocycles. The van der Waals surface area contributed by atoms with Crippen LogP contribution in [-0.2, 0) is 0 Å². The summed E-state index contributed by atoms with van der Waals surface area (Å²) in [5.41, 5.74) is 1.12. The van der Waals surface area contributed by atoms with Gasteiger partial charge in [-0.3, -0.25) is 0 Å². The molecule has 0 amide bonds. The Balaban J connectivity index is 2.13. The van der Waals surface area contributed by atoms with E-state index >= 15 is 0 Å². The van der Waals surface area contributed by atoms with Gasteiger partial charge in [-0.15, -0.1) is 0 Å². The van der Waals surface area contributed by atoms with Gasteiger partial charge < -0.3 is 10.4 Å². The Hall–Kier alpha value is -1.02. The van der Waals surface area contributed by atoms with Crippen LogP contribution in [0.1, 0.15) is 37.2 Å². The number of phenolic OH excluding ortho intramolecular Hbond substituents is 1. The standard InChI is InChI=1S/C13H19NO/c1-14-11-6-4-5-10(9-11)12-7-2-3-8-13(12)15/h2-3,7-8,10-11,14-15H,4-6,9H2,1H3. The Morgan fingerprint density at radius 1 is 1.27 bits per heavy atom. The molecule has 2 nitrogen and oxygen atoms in total. The largest absolute Gasteiger partial charge is 0.508 e. The van der Waals surface area contributed by atoms with E-state index in [-0.39, 0.29) is 0 Å². The Bertz CT molecular complexity index is 324. The average Bonchev–Trinajstić information content (AvgIpc) is 2.30. The summed E-state index contributed by atoms with van der Waals surface area (Å²) >= 11 is 0. The zero-order chi connectivity index (χ0) is 10.7. The molecule has 2 rings (SSSR count). The van der Waals surface area contributed by atoms with Gasteiger partial charge in [0.25, 0.3) is 0 Å². The summed E-state index contributed by atoms with van der Waals surface area (Å²) in [6.45, 7) is 0. The average molecular weight is 205 g/mol. The Morgan fingerprint density at radius 2 is 2.07 bits per heavy atom. The van der Waals surface area contributed by atoms with Crippen molar-refractivity contribution >= 4 is 0 Å². The molecule has 2 atom stereocenters. The van der Waals surface area contributed by atoms with E-state index in [1.54, 1.807) is 6.07 Å². The van der Waals surface area contributed by atoms with Gasteiger partial charge in [0.05, 0.1) is 0 Å². The first-order valence-electron chi connectivity index (χ1n) is 5.76. The molecule has 15 heavy (non-hydrogen) atoms. The molecule has 1 aromatic carbocycles. The van der Waals surface area contributed by atoms with Crippen LogP contribution in [0.2, 0.25) is 0 Å². The number of hydrogen-bond donors (Lipinski definition) is 2. The second-order valence-electron chi connectivity index (χ2n) is 4.41. The van der Waals surface area contributed by atoms with Crippen molar-refractivity contribution in [2.45, 2.75) is 37.6 Å². The van der Waals surface area contributed by atoms with Crippen molar-refractivity contribution in [3.8, 4) is 5.75 Å². The molecule has 1 saturated carbocycles. The second kappa shape index (κ2) is 4.67. The number of phenols is 1. The maximum atomic E-state index is 9.80. The van der Waals surface area contributed by atoms with E-state index < -0.39 is 0 Å². The molecule has 0 radical (unpaired) electrons. The quantitative estimate of drug-likeness (QED) is 0.778. The van der Waals surface area contributed by atoms with Gasteiger partial charge in [-0.2, -0.15) is 0 Å². The van der Waals surface area contributed by atoms with Gasteiger partial charge in [-0.1, -0.05) is 24.6 Å². The molecule has 1 aromatic rings. The SMILES string of the molecule is CNC1CCCC(c2ccccc2O)C1. The first-order chi connectivity index (χ1) is 7.31. The van der Waals surface area contributed by atoms with Crippen molar-refractivity contribution in [3.63, 3.8) is 0 Å². The monoisotopic (exact) mass is 205 g/mol. The summed E-state index contributed by atoms with van der Waals surface area (Å²) < 4.78 is 0. The number of rotatable bonds is 2. The van der Waals surface area contributed by atoms with Crippen LogP contribution in [0.3, 0.4) is 0 Å².